The second-order valence-electron chi connectivity index (χ2n) is 6.08. The second-order valence-corrected chi connectivity index (χ2v) is 6.52. The van der Waals surface area contributed by atoms with Gasteiger partial charge in [0.05, 0.1) is 13.2 Å². The van der Waals surface area contributed by atoms with Gasteiger partial charge >= 0.3 is 0 Å². The van der Waals surface area contributed by atoms with Crippen LogP contribution < -0.4 is 10.1 Å². The Balaban J connectivity index is 2.55. The molecule has 114 valence electrons. The number of nitrogens with one attached hydrogen (secondary N) is 1. The molecule has 1 N–H and O–H groups in total. The summed E-state index contributed by atoms with van der Waals surface area (Å²) in [5, 5.41) is 4.05. The van der Waals surface area contributed by atoms with Gasteiger partial charge in [0, 0.05) is 30.8 Å². The molecule has 0 aliphatic heterocycles. The summed E-state index contributed by atoms with van der Waals surface area (Å²) in [5.41, 5.74) is 1.37. The van der Waals surface area contributed by atoms with E-state index in [0.29, 0.717) is 6.61 Å². The second kappa shape index (κ2) is 8.50. The van der Waals surface area contributed by atoms with Gasteiger partial charge < -0.3 is 14.8 Å². The highest BCUT2D eigenvalue weighted by molar-refractivity contribution is 6.30. The lowest BCUT2D eigenvalue weighted by Crippen LogP contribution is -2.19. The molecule has 20 heavy (non-hydrogen) atoms. The van der Waals surface area contributed by atoms with Gasteiger partial charge in [-0.05, 0) is 30.0 Å². The molecule has 0 amide bonds. The van der Waals surface area contributed by atoms with E-state index in [1.54, 1.807) is 7.11 Å². The molecule has 0 saturated carbocycles. The molecule has 0 aromatic heterocycles. The van der Waals surface area contributed by atoms with Crippen LogP contribution in [-0.4, -0.2) is 26.9 Å². The van der Waals surface area contributed by atoms with E-state index in [-0.39, 0.29) is 5.41 Å². The van der Waals surface area contributed by atoms with E-state index >= 15 is 0 Å². The minimum Gasteiger partial charge on any atom is -0.493 e. The first-order chi connectivity index (χ1) is 9.42. The normalized spacial score (nSPS) is 11.7. The van der Waals surface area contributed by atoms with Crippen molar-refractivity contribution in [3.8, 4) is 5.75 Å². The van der Waals surface area contributed by atoms with Gasteiger partial charge in [0.1, 0.15) is 5.75 Å². The molecule has 0 heterocycles. The third-order valence-electron chi connectivity index (χ3n) is 2.93. The molecule has 0 unspecified atom stereocenters. The number of hydrogen-bond acceptors (Lipinski definition) is 3. The molecule has 0 bridgehead atoms. The van der Waals surface area contributed by atoms with E-state index in [1.807, 2.05) is 18.2 Å². The number of ether oxygens (including phenoxy) is 2. The summed E-state index contributed by atoms with van der Waals surface area (Å²) >= 11 is 6.06. The SMILES string of the molecule is COCCNCc1cc(Cl)ccc1OCCC(C)(C)C. The molecule has 1 rings (SSSR count). The molecule has 0 radical (unpaired) electrons. The van der Waals surface area contributed by atoms with E-state index in [2.05, 4.69) is 26.1 Å². The predicted molar refractivity (Wildman–Crippen MR) is 84.6 cm³/mol. The molecule has 1 aromatic carbocycles. The van der Waals surface area contributed by atoms with Crippen LogP contribution in [0.3, 0.4) is 0 Å². The lowest BCUT2D eigenvalue weighted by atomic mass is 9.93. The lowest BCUT2D eigenvalue weighted by Gasteiger charge is -2.19. The van der Waals surface area contributed by atoms with Gasteiger partial charge in [0.25, 0.3) is 0 Å². The van der Waals surface area contributed by atoms with E-state index in [9.17, 15) is 0 Å². The highest BCUT2D eigenvalue weighted by Crippen LogP contribution is 2.25. The first-order valence-electron chi connectivity index (χ1n) is 7.03. The Labute approximate surface area is 127 Å². The number of halogens is 1. The molecule has 0 saturated heterocycles. The van der Waals surface area contributed by atoms with Crippen LogP contribution in [0.25, 0.3) is 0 Å². The molecule has 0 spiro atoms. The summed E-state index contributed by atoms with van der Waals surface area (Å²) in [7, 11) is 1.70. The van der Waals surface area contributed by atoms with Gasteiger partial charge in [-0.25, -0.2) is 0 Å². The van der Waals surface area contributed by atoms with Crippen molar-refractivity contribution in [1.29, 1.82) is 0 Å². The van der Waals surface area contributed by atoms with Crippen LogP contribution in [0.4, 0.5) is 0 Å². The molecule has 0 aliphatic rings. The van der Waals surface area contributed by atoms with Crippen molar-refractivity contribution >= 4 is 11.6 Å². The van der Waals surface area contributed by atoms with E-state index in [1.165, 1.54) is 0 Å². The maximum absolute atomic E-state index is 6.06. The average molecular weight is 300 g/mol. The Morgan fingerprint density at radius 1 is 1.20 bits per heavy atom. The number of rotatable bonds is 8. The monoisotopic (exact) mass is 299 g/mol. The third kappa shape index (κ3) is 7.13. The first-order valence-corrected chi connectivity index (χ1v) is 7.41. The fraction of sp³-hybridized carbons (Fsp3) is 0.625. The summed E-state index contributed by atoms with van der Waals surface area (Å²) < 4.78 is 10.9. The first kappa shape index (κ1) is 17.3. The van der Waals surface area contributed by atoms with Crippen molar-refractivity contribution in [2.75, 3.05) is 26.9 Å². The number of methoxy groups -OCH3 is 1. The Morgan fingerprint density at radius 3 is 2.60 bits per heavy atom. The van der Waals surface area contributed by atoms with Crippen molar-refractivity contribution in [3.63, 3.8) is 0 Å². The largest absolute Gasteiger partial charge is 0.493 e. The minimum atomic E-state index is 0.281. The van der Waals surface area contributed by atoms with Crippen LogP contribution in [-0.2, 0) is 11.3 Å². The predicted octanol–water partition coefficient (Wildman–Crippen LogP) is 3.89. The zero-order valence-corrected chi connectivity index (χ0v) is 13.7. The smallest absolute Gasteiger partial charge is 0.123 e. The van der Waals surface area contributed by atoms with Crippen LogP contribution in [0.2, 0.25) is 5.02 Å². The van der Waals surface area contributed by atoms with E-state index < -0.39 is 0 Å². The zero-order valence-electron chi connectivity index (χ0n) is 13.0. The quantitative estimate of drug-likeness (QED) is 0.739. The highest BCUT2D eigenvalue weighted by Gasteiger charge is 2.11. The molecule has 4 heteroatoms. The summed E-state index contributed by atoms with van der Waals surface area (Å²) in [6.45, 7) is 9.60. The Kier molecular flexibility index (Phi) is 7.35. The topological polar surface area (TPSA) is 30.5 Å². The standard InChI is InChI=1S/C16H26ClNO2/c1-16(2,3)7-9-20-15-6-5-14(17)11-13(15)12-18-8-10-19-4/h5-6,11,18H,7-10,12H2,1-4H3. The summed E-state index contributed by atoms with van der Waals surface area (Å²) in [5.74, 6) is 0.906. The van der Waals surface area contributed by atoms with Gasteiger partial charge in [-0.3, -0.25) is 0 Å². The fourth-order valence-corrected chi connectivity index (χ4v) is 1.89. The van der Waals surface area contributed by atoms with Crippen LogP contribution >= 0.6 is 11.6 Å². The van der Waals surface area contributed by atoms with Gasteiger partial charge in [0.15, 0.2) is 0 Å². The van der Waals surface area contributed by atoms with Gasteiger partial charge in [-0.1, -0.05) is 32.4 Å². The van der Waals surface area contributed by atoms with Gasteiger partial charge in [0.2, 0.25) is 0 Å². The molecule has 0 atom stereocenters. The van der Waals surface area contributed by atoms with E-state index in [0.717, 1.165) is 42.5 Å². The van der Waals surface area contributed by atoms with Crippen LogP contribution in [0.15, 0.2) is 18.2 Å². The summed E-state index contributed by atoms with van der Waals surface area (Å²) in [6, 6.07) is 5.76. The minimum absolute atomic E-state index is 0.281. The Hall–Kier alpha value is -0.770. The maximum atomic E-state index is 6.06. The van der Waals surface area contributed by atoms with Crippen molar-refractivity contribution in [3.05, 3.63) is 28.8 Å². The highest BCUT2D eigenvalue weighted by atomic mass is 35.5. The Bertz CT molecular complexity index is 402. The van der Waals surface area contributed by atoms with Crippen molar-refractivity contribution in [2.45, 2.75) is 33.7 Å². The van der Waals surface area contributed by atoms with Crippen LogP contribution in [0, 0.1) is 5.41 Å². The van der Waals surface area contributed by atoms with Crippen molar-refractivity contribution < 1.29 is 9.47 Å². The molecular formula is C16H26ClNO2. The molecule has 1 aromatic rings. The third-order valence-corrected chi connectivity index (χ3v) is 3.17. The summed E-state index contributed by atoms with van der Waals surface area (Å²) in [4.78, 5) is 0. The van der Waals surface area contributed by atoms with Crippen LogP contribution in [0.5, 0.6) is 5.75 Å². The molecule has 0 aliphatic carbocycles. The molecule has 3 nitrogen and oxygen atoms in total. The lowest BCUT2D eigenvalue weighted by molar-refractivity contribution is 0.198. The van der Waals surface area contributed by atoms with Gasteiger partial charge in [-0.2, -0.15) is 0 Å². The maximum Gasteiger partial charge on any atom is 0.123 e. The number of hydrogen-bond donors (Lipinski definition) is 1. The zero-order chi connectivity index (χ0) is 15.0. The van der Waals surface area contributed by atoms with Gasteiger partial charge in [-0.15, -0.1) is 0 Å². The van der Waals surface area contributed by atoms with E-state index in [4.69, 9.17) is 21.1 Å². The molecule has 0 fully saturated rings. The summed E-state index contributed by atoms with van der Waals surface area (Å²) in [6.07, 6.45) is 1.02. The number of benzene rings is 1. The van der Waals surface area contributed by atoms with Crippen molar-refractivity contribution in [2.24, 2.45) is 5.41 Å². The average Bonchev–Trinajstić information content (AvgIpc) is 2.35. The molecular weight excluding hydrogens is 274 g/mol. The Morgan fingerprint density at radius 2 is 1.95 bits per heavy atom. The van der Waals surface area contributed by atoms with Crippen molar-refractivity contribution in [1.82, 2.24) is 5.32 Å². The van der Waals surface area contributed by atoms with Crippen LogP contribution in [0.1, 0.15) is 32.8 Å². The fourth-order valence-electron chi connectivity index (χ4n) is 1.69.